The van der Waals surface area contributed by atoms with Crippen LogP contribution in [0.4, 0.5) is 4.39 Å². The van der Waals surface area contributed by atoms with E-state index in [9.17, 15) is 9.18 Å². The Morgan fingerprint density at radius 1 is 1.17 bits per heavy atom. The Balaban J connectivity index is 1.63. The van der Waals surface area contributed by atoms with Crippen molar-refractivity contribution >= 4 is 5.91 Å². The van der Waals surface area contributed by atoms with E-state index in [1.54, 1.807) is 18.2 Å². The number of rotatable bonds is 3. The zero-order valence-electron chi connectivity index (χ0n) is 12.5. The zero-order chi connectivity index (χ0) is 15.8. The number of amides is 1. The summed E-state index contributed by atoms with van der Waals surface area (Å²) in [6.45, 7) is 1.29. The average molecular weight is 313 g/mol. The number of carbonyl (C=O) groups excluding carboxylic acids is 1. The Bertz CT molecular complexity index is 756. The molecule has 0 spiro atoms. The summed E-state index contributed by atoms with van der Waals surface area (Å²) in [7, 11) is 0. The molecule has 2 aromatic rings. The highest BCUT2D eigenvalue weighted by Crippen LogP contribution is 2.40. The normalized spacial score (nSPS) is 14.7. The third-order valence-corrected chi connectivity index (χ3v) is 4.27. The third kappa shape index (κ3) is 2.42. The molecule has 0 bridgehead atoms. The Morgan fingerprint density at radius 2 is 2.00 bits per heavy atom. The van der Waals surface area contributed by atoms with E-state index in [2.05, 4.69) is 5.32 Å². The van der Waals surface area contributed by atoms with Gasteiger partial charge in [0.05, 0.1) is 18.8 Å². The second-order valence-corrected chi connectivity index (χ2v) is 5.69. The van der Waals surface area contributed by atoms with Gasteiger partial charge < -0.3 is 14.8 Å². The summed E-state index contributed by atoms with van der Waals surface area (Å²) in [4.78, 5) is 12.7. The van der Waals surface area contributed by atoms with Gasteiger partial charge >= 0.3 is 0 Å². The van der Waals surface area contributed by atoms with Gasteiger partial charge in [0, 0.05) is 36.1 Å². The van der Waals surface area contributed by atoms with Crippen molar-refractivity contribution in [1.29, 1.82) is 0 Å². The molecule has 0 unspecified atom stereocenters. The van der Waals surface area contributed by atoms with E-state index >= 15 is 0 Å². The lowest BCUT2D eigenvalue weighted by Gasteiger charge is -2.13. The summed E-state index contributed by atoms with van der Waals surface area (Å²) in [5, 5.41) is 2.80. The molecule has 1 amide bonds. The third-order valence-electron chi connectivity index (χ3n) is 4.27. The van der Waals surface area contributed by atoms with E-state index in [0.717, 1.165) is 23.3 Å². The van der Waals surface area contributed by atoms with Gasteiger partial charge in [-0.15, -0.1) is 0 Å². The van der Waals surface area contributed by atoms with Gasteiger partial charge in [-0.2, -0.15) is 0 Å². The standard InChI is InChI=1S/C18H16FNO3/c19-14-4-2-1-3-12(14)10-20-18(21)16-13-6-8-22-15(13)9-11-5-7-23-17(11)16/h1-4,9H,5-8,10H2,(H,20,21). The van der Waals surface area contributed by atoms with Gasteiger partial charge in [-0.1, -0.05) is 18.2 Å². The number of ether oxygens (including phenoxy) is 2. The van der Waals surface area contributed by atoms with Crippen molar-refractivity contribution in [3.63, 3.8) is 0 Å². The van der Waals surface area contributed by atoms with Crippen molar-refractivity contribution in [2.45, 2.75) is 19.4 Å². The molecule has 4 nitrogen and oxygen atoms in total. The highest BCUT2D eigenvalue weighted by Gasteiger charge is 2.30. The molecule has 2 aliphatic heterocycles. The van der Waals surface area contributed by atoms with Crippen molar-refractivity contribution in [2.75, 3.05) is 13.2 Å². The summed E-state index contributed by atoms with van der Waals surface area (Å²) in [5.41, 5.74) is 2.89. The zero-order valence-corrected chi connectivity index (χ0v) is 12.5. The molecule has 5 heteroatoms. The highest BCUT2D eigenvalue weighted by molar-refractivity contribution is 6.00. The number of carbonyl (C=O) groups is 1. The van der Waals surface area contributed by atoms with Crippen LogP contribution in [-0.2, 0) is 19.4 Å². The molecule has 2 aromatic carbocycles. The number of nitrogens with one attached hydrogen (secondary N) is 1. The molecule has 0 aliphatic carbocycles. The van der Waals surface area contributed by atoms with Crippen LogP contribution in [0.5, 0.6) is 11.5 Å². The molecule has 2 aliphatic rings. The van der Waals surface area contributed by atoms with Crippen LogP contribution in [0, 0.1) is 5.82 Å². The summed E-state index contributed by atoms with van der Waals surface area (Å²) in [6, 6.07) is 8.39. The predicted octanol–water partition coefficient (Wildman–Crippen LogP) is 2.63. The number of benzene rings is 2. The van der Waals surface area contributed by atoms with Crippen LogP contribution >= 0.6 is 0 Å². The molecule has 118 valence electrons. The van der Waals surface area contributed by atoms with Crippen LogP contribution in [0.25, 0.3) is 0 Å². The average Bonchev–Trinajstić information content (AvgIpc) is 3.19. The second-order valence-electron chi connectivity index (χ2n) is 5.69. The number of hydrogen-bond donors (Lipinski definition) is 1. The lowest BCUT2D eigenvalue weighted by Crippen LogP contribution is -2.25. The van der Waals surface area contributed by atoms with Crippen LogP contribution in [-0.4, -0.2) is 19.1 Å². The Hall–Kier alpha value is -2.56. The Labute approximate surface area is 133 Å². The maximum absolute atomic E-state index is 13.7. The van der Waals surface area contributed by atoms with Crippen LogP contribution in [0.2, 0.25) is 0 Å². The van der Waals surface area contributed by atoms with E-state index in [4.69, 9.17) is 9.47 Å². The summed E-state index contributed by atoms with van der Waals surface area (Å²) >= 11 is 0. The molecule has 23 heavy (non-hydrogen) atoms. The molecule has 0 saturated carbocycles. The molecule has 0 radical (unpaired) electrons. The van der Waals surface area contributed by atoms with Gasteiger partial charge in [-0.25, -0.2) is 4.39 Å². The van der Waals surface area contributed by atoms with Crippen molar-refractivity contribution in [2.24, 2.45) is 0 Å². The lowest BCUT2D eigenvalue weighted by molar-refractivity contribution is 0.0946. The van der Waals surface area contributed by atoms with Crippen LogP contribution in [0.3, 0.4) is 0 Å². The fraction of sp³-hybridized carbons (Fsp3) is 0.278. The molecule has 1 N–H and O–H groups in total. The molecule has 0 atom stereocenters. The van der Waals surface area contributed by atoms with Crippen LogP contribution < -0.4 is 14.8 Å². The number of halogens is 1. The van der Waals surface area contributed by atoms with Gasteiger partial charge in [-0.3, -0.25) is 4.79 Å². The molecule has 2 heterocycles. The topological polar surface area (TPSA) is 47.6 Å². The van der Waals surface area contributed by atoms with E-state index in [0.29, 0.717) is 36.5 Å². The maximum atomic E-state index is 13.7. The smallest absolute Gasteiger partial charge is 0.255 e. The summed E-state index contributed by atoms with van der Waals surface area (Å²) < 4.78 is 24.9. The van der Waals surface area contributed by atoms with Gasteiger partial charge in [0.15, 0.2) is 0 Å². The fourth-order valence-corrected chi connectivity index (χ4v) is 3.13. The van der Waals surface area contributed by atoms with Crippen molar-refractivity contribution in [1.82, 2.24) is 5.32 Å². The van der Waals surface area contributed by atoms with Crippen LogP contribution in [0.1, 0.15) is 27.0 Å². The van der Waals surface area contributed by atoms with E-state index in [1.807, 2.05) is 6.07 Å². The molecule has 0 fully saturated rings. The van der Waals surface area contributed by atoms with Crippen LogP contribution in [0.15, 0.2) is 30.3 Å². The molecule has 4 rings (SSSR count). The van der Waals surface area contributed by atoms with E-state index in [-0.39, 0.29) is 18.3 Å². The highest BCUT2D eigenvalue weighted by atomic mass is 19.1. The first kappa shape index (κ1) is 14.1. The Kier molecular flexibility index (Phi) is 3.41. The summed E-state index contributed by atoms with van der Waals surface area (Å²) in [6.07, 6.45) is 1.47. The van der Waals surface area contributed by atoms with E-state index < -0.39 is 0 Å². The molecule has 0 aromatic heterocycles. The van der Waals surface area contributed by atoms with Crippen molar-refractivity contribution in [3.05, 3.63) is 58.4 Å². The maximum Gasteiger partial charge on any atom is 0.255 e. The molecular formula is C18H16FNO3. The first-order valence-corrected chi connectivity index (χ1v) is 7.70. The Morgan fingerprint density at radius 3 is 2.87 bits per heavy atom. The lowest BCUT2D eigenvalue weighted by atomic mass is 9.99. The first-order chi connectivity index (χ1) is 11.2. The van der Waals surface area contributed by atoms with Crippen molar-refractivity contribution in [3.8, 4) is 11.5 Å². The van der Waals surface area contributed by atoms with Gasteiger partial charge in [0.1, 0.15) is 17.3 Å². The minimum Gasteiger partial charge on any atom is -0.493 e. The van der Waals surface area contributed by atoms with Crippen molar-refractivity contribution < 1.29 is 18.7 Å². The minimum absolute atomic E-state index is 0.144. The quantitative estimate of drug-likeness (QED) is 0.947. The summed E-state index contributed by atoms with van der Waals surface area (Å²) in [5.74, 6) is 0.857. The molecule has 0 saturated heterocycles. The molecular weight excluding hydrogens is 297 g/mol. The first-order valence-electron chi connectivity index (χ1n) is 7.70. The predicted molar refractivity (Wildman–Crippen MR) is 82.4 cm³/mol. The number of fused-ring (bicyclic) bond motifs is 2. The fourth-order valence-electron chi connectivity index (χ4n) is 3.13. The SMILES string of the molecule is O=C(NCc1ccccc1F)c1c2c(cc3c1OCC3)OCC2. The monoisotopic (exact) mass is 313 g/mol. The number of hydrogen-bond acceptors (Lipinski definition) is 3. The minimum atomic E-state index is -0.323. The van der Waals surface area contributed by atoms with Gasteiger partial charge in [0.25, 0.3) is 5.91 Å². The second kappa shape index (κ2) is 5.57. The van der Waals surface area contributed by atoms with E-state index in [1.165, 1.54) is 6.07 Å². The van der Waals surface area contributed by atoms with Gasteiger partial charge in [0.2, 0.25) is 0 Å². The largest absolute Gasteiger partial charge is 0.493 e. The van der Waals surface area contributed by atoms with Gasteiger partial charge in [-0.05, 0) is 12.1 Å².